The molecule has 14 nitrogen and oxygen atoms in total. The van der Waals surface area contributed by atoms with Crippen molar-refractivity contribution in [1.29, 1.82) is 0 Å². The van der Waals surface area contributed by atoms with Gasteiger partial charge < -0.3 is 40.2 Å². The fourth-order valence-electron chi connectivity index (χ4n) is 5.46. The minimum absolute atomic E-state index is 0.0939. The number of ether oxygens (including phenoxy) is 4. The van der Waals surface area contributed by atoms with Crippen molar-refractivity contribution in [2.45, 2.75) is 62.8 Å². The van der Waals surface area contributed by atoms with E-state index >= 15 is 0 Å². The Morgan fingerprint density at radius 2 is 1.13 bits per heavy atom. The summed E-state index contributed by atoms with van der Waals surface area (Å²) in [5, 5.41) is 9.57. The number of nitrogens with zero attached hydrogens (tertiary/aromatic N) is 1. The summed E-state index contributed by atoms with van der Waals surface area (Å²) in [7, 11) is 0. The van der Waals surface area contributed by atoms with Gasteiger partial charge in [0.25, 0.3) is 0 Å². The summed E-state index contributed by atoms with van der Waals surface area (Å²) >= 11 is 0. The Bertz CT molecular complexity index is 1520. The van der Waals surface area contributed by atoms with Crippen LogP contribution >= 0.6 is 0 Å². The molecule has 4 rings (SSSR count). The van der Waals surface area contributed by atoms with Gasteiger partial charge in [-0.25, -0.2) is 0 Å². The zero-order valence-corrected chi connectivity index (χ0v) is 28.9. The molecule has 0 saturated carbocycles. The van der Waals surface area contributed by atoms with Gasteiger partial charge in [0, 0.05) is 19.5 Å². The van der Waals surface area contributed by atoms with Gasteiger partial charge in [-0.3, -0.25) is 28.9 Å². The average molecular weight is 754 g/mol. The fraction of sp³-hybridized carbons (Fsp3) is 0.514. The molecule has 4 N–H and O–H groups in total. The molecular weight excluding hydrogens is 710 g/mol. The van der Waals surface area contributed by atoms with Crippen molar-refractivity contribution < 1.29 is 60.5 Å². The molecule has 2 aliphatic rings. The van der Waals surface area contributed by atoms with Crippen LogP contribution in [0.25, 0.3) is 0 Å². The third-order valence-corrected chi connectivity index (χ3v) is 8.46. The number of hydrogen-bond donors (Lipinski definition) is 4. The lowest BCUT2D eigenvalue weighted by atomic mass is 9.94. The first-order valence-electron chi connectivity index (χ1n) is 16.9. The maximum atomic E-state index is 13.9. The maximum Gasteiger partial charge on any atom is 0.345 e. The first kappa shape index (κ1) is 41.3. The second-order valence-corrected chi connectivity index (χ2v) is 12.6. The molecule has 1 unspecified atom stereocenters. The highest BCUT2D eigenvalue weighted by atomic mass is 19.3. The van der Waals surface area contributed by atoms with E-state index < -0.39 is 85.6 Å². The third-order valence-electron chi connectivity index (χ3n) is 8.46. The summed E-state index contributed by atoms with van der Waals surface area (Å²) in [6.07, 6.45) is -0.0339. The van der Waals surface area contributed by atoms with E-state index in [-0.39, 0.29) is 26.0 Å². The van der Waals surface area contributed by atoms with Crippen molar-refractivity contribution in [3.8, 4) is 0 Å². The third kappa shape index (κ3) is 13.8. The Labute approximate surface area is 303 Å². The van der Waals surface area contributed by atoms with Crippen LogP contribution in [0.4, 0.5) is 17.6 Å². The van der Waals surface area contributed by atoms with E-state index in [0.29, 0.717) is 31.9 Å². The minimum atomic E-state index is -3.38. The smallest absolute Gasteiger partial charge is 0.345 e. The van der Waals surface area contributed by atoms with Gasteiger partial charge in [0.2, 0.25) is 23.6 Å². The Morgan fingerprint density at radius 1 is 0.698 bits per heavy atom. The Kier molecular flexibility index (Phi) is 15.6. The van der Waals surface area contributed by atoms with Crippen LogP contribution in [-0.2, 0) is 55.8 Å². The minimum Gasteiger partial charge on any atom is -0.379 e. The Morgan fingerprint density at radius 3 is 1.62 bits per heavy atom. The van der Waals surface area contributed by atoms with E-state index in [1.165, 1.54) is 0 Å². The number of rotatable bonds is 21. The summed E-state index contributed by atoms with van der Waals surface area (Å²) in [4.78, 5) is 68.7. The summed E-state index contributed by atoms with van der Waals surface area (Å²) in [5.74, 6) is -4.33. The van der Waals surface area contributed by atoms with Crippen LogP contribution in [0.3, 0.4) is 0 Å². The number of carbonyl (C=O) groups is 5. The number of benzene rings is 2. The van der Waals surface area contributed by atoms with E-state index in [1.54, 1.807) is 72.5 Å². The van der Waals surface area contributed by atoms with Gasteiger partial charge in [-0.1, -0.05) is 60.7 Å². The van der Waals surface area contributed by atoms with Crippen LogP contribution in [0.2, 0.25) is 0 Å². The van der Waals surface area contributed by atoms with Crippen molar-refractivity contribution >= 4 is 29.4 Å². The molecule has 4 amide bonds. The second kappa shape index (κ2) is 20.1. The summed E-state index contributed by atoms with van der Waals surface area (Å²) in [5.41, 5.74) is 0.191. The summed E-state index contributed by atoms with van der Waals surface area (Å²) in [6.45, 7) is -5.81. The maximum absolute atomic E-state index is 13.9. The molecule has 0 aliphatic carbocycles. The monoisotopic (exact) mass is 753 g/mol. The van der Waals surface area contributed by atoms with E-state index in [0.717, 1.165) is 5.56 Å². The summed E-state index contributed by atoms with van der Waals surface area (Å²) in [6, 6.07) is 11.1. The molecule has 18 heteroatoms. The van der Waals surface area contributed by atoms with Crippen LogP contribution < -0.4 is 21.3 Å². The highest BCUT2D eigenvalue weighted by Crippen LogP contribution is 2.29. The number of morpholine rings is 1. The molecule has 0 bridgehead atoms. The van der Waals surface area contributed by atoms with Gasteiger partial charge in [0.15, 0.2) is 5.78 Å². The molecule has 2 aromatic carbocycles. The number of alkyl halides is 4. The number of carbonyl (C=O) groups excluding carboxylic acids is 5. The number of ketones is 1. The van der Waals surface area contributed by atoms with Gasteiger partial charge in [-0.15, -0.1) is 0 Å². The van der Waals surface area contributed by atoms with Gasteiger partial charge in [0.05, 0.1) is 45.6 Å². The number of Topliss-reactive ketones (excluding diaryl/α,β-unsaturated/α-hetero) is 1. The zero-order valence-electron chi connectivity index (χ0n) is 28.9. The van der Waals surface area contributed by atoms with Crippen molar-refractivity contribution in [2.75, 3.05) is 52.7 Å². The van der Waals surface area contributed by atoms with E-state index in [9.17, 15) is 41.5 Å². The van der Waals surface area contributed by atoms with Crippen LogP contribution in [0, 0.1) is 0 Å². The molecule has 2 aromatic rings. The van der Waals surface area contributed by atoms with Crippen LogP contribution in [0.1, 0.15) is 18.1 Å². The standard InChI is InChI=1S/C35H43F4N5O9/c1-35(21-53-35)29(46)24(16-22-8-4-2-5-9-22)41-30(47)25(17-23-10-6-3-7-11-23)42-32(49)27(20-52-34(38)39)43-31(48)26(19-51-33(36)37)40-28(45)18-44-12-14-50-15-13-44/h2-11,24-27,33-34H,12-21H2,1H3,(H,40,45)(H,41,47)(H,42,49)(H,43,48)/t24-,25?,26-,27-,35+/m0/s1. The Balaban J connectivity index is 1.52. The van der Waals surface area contributed by atoms with E-state index in [2.05, 4.69) is 30.7 Å². The number of epoxide rings is 1. The fourth-order valence-corrected chi connectivity index (χ4v) is 5.46. The molecule has 2 aliphatic heterocycles. The lowest BCUT2D eigenvalue weighted by molar-refractivity contribution is -0.153. The summed E-state index contributed by atoms with van der Waals surface area (Å²) < 4.78 is 71.5. The van der Waals surface area contributed by atoms with E-state index in [1.807, 2.05) is 0 Å². The lowest BCUT2D eigenvalue weighted by Gasteiger charge is -2.28. The number of nitrogens with one attached hydrogen (secondary N) is 4. The SMILES string of the molecule is C[C@]1(C(=O)[C@H](Cc2ccccc2)NC(=O)C(Cc2ccccc2)NC(=O)[C@H](COC(F)F)NC(=O)[C@H](COC(F)F)NC(=O)CN2CCOCC2)CO1. The van der Waals surface area contributed by atoms with Crippen LogP contribution in [0.5, 0.6) is 0 Å². The van der Waals surface area contributed by atoms with Crippen molar-refractivity contribution in [3.05, 3.63) is 71.8 Å². The molecule has 53 heavy (non-hydrogen) atoms. The molecule has 2 fully saturated rings. The van der Waals surface area contributed by atoms with Gasteiger partial charge in [-0.05, 0) is 24.5 Å². The molecule has 0 aromatic heterocycles. The van der Waals surface area contributed by atoms with Crippen LogP contribution in [0.15, 0.2) is 60.7 Å². The quantitative estimate of drug-likeness (QED) is 0.104. The predicted octanol–water partition coefficient (Wildman–Crippen LogP) is 0.580. The topological polar surface area (TPSA) is 177 Å². The highest BCUT2D eigenvalue weighted by Gasteiger charge is 2.50. The van der Waals surface area contributed by atoms with Crippen molar-refractivity contribution in [1.82, 2.24) is 26.2 Å². The molecule has 5 atom stereocenters. The lowest BCUT2D eigenvalue weighted by Crippen LogP contribution is -2.60. The van der Waals surface area contributed by atoms with Crippen molar-refractivity contribution in [2.24, 2.45) is 0 Å². The normalized spacial score (nSPS) is 19.5. The first-order valence-corrected chi connectivity index (χ1v) is 16.9. The van der Waals surface area contributed by atoms with Gasteiger partial charge in [-0.2, -0.15) is 17.6 Å². The Hall–Kier alpha value is -4.49. The number of amides is 4. The van der Waals surface area contributed by atoms with Crippen LogP contribution in [-0.4, -0.2) is 130 Å². The highest BCUT2D eigenvalue weighted by molar-refractivity contribution is 5.99. The van der Waals surface area contributed by atoms with Gasteiger partial charge >= 0.3 is 13.2 Å². The van der Waals surface area contributed by atoms with E-state index in [4.69, 9.17) is 9.47 Å². The molecule has 2 heterocycles. The molecule has 2 saturated heterocycles. The largest absolute Gasteiger partial charge is 0.379 e. The first-order chi connectivity index (χ1) is 25.3. The molecule has 0 spiro atoms. The predicted molar refractivity (Wildman–Crippen MR) is 179 cm³/mol. The van der Waals surface area contributed by atoms with Gasteiger partial charge in [0.1, 0.15) is 23.7 Å². The van der Waals surface area contributed by atoms with Crippen molar-refractivity contribution in [3.63, 3.8) is 0 Å². The molecule has 0 radical (unpaired) electrons. The number of halogens is 4. The second-order valence-electron chi connectivity index (χ2n) is 12.6. The molecular formula is C35H43F4N5O9. The average Bonchev–Trinajstić information content (AvgIpc) is 3.89. The molecule has 290 valence electrons. The zero-order chi connectivity index (χ0) is 38.4. The number of hydrogen-bond acceptors (Lipinski definition) is 10.